The Morgan fingerprint density at radius 1 is 0.540 bits per heavy atom. The fourth-order valence-electron chi connectivity index (χ4n) is 5.00. The van der Waals surface area contributed by atoms with Crippen molar-refractivity contribution < 1.29 is 38.0 Å². The Hall–Kier alpha value is -5.18. The average molecular weight is 679 g/mol. The Kier molecular flexibility index (Phi) is 15.3. The van der Waals surface area contributed by atoms with Crippen LogP contribution in [0.2, 0.25) is 0 Å². The van der Waals surface area contributed by atoms with Crippen molar-refractivity contribution in [2.24, 2.45) is 0 Å². The predicted octanol–water partition coefficient (Wildman–Crippen LogP) is 8.68. The van der Waals surface area contributed by atoms with Gasteiger partial charge in [0.2, 0.25) is 0 Å². The van der Waals surface area contributed by atoms with Gasteiger partial charge in [-0.1, -0.05) is 111 Å². The van der Waals surface area contributed by atoms with Crippen LogP contribution in [0.15, 0.2) is 133 Å². The summed E-state index contributed by atoms with van der Waals surface area (Å²) in [5, 5.41) is 0. The molecule has 2 unspecified atom stereocenters. The van der Waals surface area contributed by atoms with Gasteiger partial charge in [0.1, 0.15) is 23.7 Å². The van der Waals surface area contributed by atoms with Gasteiger partial charge in [0.05, 0.1) is 27.4 Å². The zero-order valence-corrected chi connectivity index (χ0v) is 29.1. The molecule has 4 aromatic rings. The molecule has 4 rings (SSSR count). The number of esters is 2. The van der Waals surface area contributed by atoms with Crippen molar-refractivity contribution >= 4 is 11.9 Å². The first-order valence-corrected chi connectivity index (χ1v) is 16.8. The monoisotopic (exact) mass is 678 g/mol. The Morgan fingerprint density at radius 3 is 1.22 bits per heavy atom. The number of benzene rings is 4. The number of rotatable bonds is 19. The number of ether oxygens (including phenoxy) is 6. The van der Waals surface area contributed by atoms with Crippen LogP contribution in [0.25, 0.3) is 0 Å². The van der Waals surface area contributed by atoms with E-state index in [-0.39, 0.29) is 13.2 Å². The summed E-state index contributed by atoms with van der Waals surface area (Å²) in [5.41, 5.74) is 3.46. The molecule has 4 aromatic carbocycles. The molecule has 262 valence electrons. The van der Waals surface area contributed by atoms with E-state index in [0.717, 1.165) is 33.8 Å². The van der Waals surface area contributed by atoms with E-state index in [4.69, 9.17) is 28.4 Å². The molecule has 8 heteroatoms. The second kappa shape index (κ2) is 20.4. The van der Waals surface area contributed by atoms with Gasteiger partial charge in [-0.05, 0) is 71.5 Å². The molecule has 0 saturated heterocycles. The Bertz CT molecular complexity index is 1510. The number of allylic oxidation sites excluding steroid dienone is 2. The quantitative estimate of drug-likeness (QED) is 0.0719. The molecule has 4 atom stereocenters. The van der Waals surface area contributed by atoms with Crippen LogP contribution < -0.4 is 9.47 Å². The van der Waals surface area contributed by atoms with Gasteiger partial charge in [-0.2, -0.15) is 0 Å². The number of carbonyl (C=O) groups excluding carboxylic acids is 2. The fourth-order valence-corrected chi connectivity index (χ4v) is 5.00. The number of hydrogen-bond acceptors (Lipinski definition) is 8. The smallest absolute Gasteiger partial charge is 0.336 e. The lowest BCUT2D eigenvalue weighted by molar-refractivity contribution is -0.162. The van der Waals surface area contributed by atoms with Gasteiger partial charge in [0, 0.05) is 0 Å². The SMILES string of the molecule is CCC(OCc1ccc(OC)cc1)C(=O)O[C@@H](/C=C\C=C/[C@H](OC(=O)C(CC)OCc1ccc(OC)cc1)c1ccccc1)c1ccccc1. The molecule has 0 aliphatic heterocycles. The third-order valence-electron chi connectivity index (χ3n) is 7.91. The molecule has 50 heavy (non-hydrogen) atoms. The molecule has 0 heterocycles. The van der Waals surface area contributed by atoms with Gasteiger partial charge in [-0.25, -0.2) is 9.59 Å². The average Bonchev–Trinajstić information content (AvgIpc) is 3.17. The van der Waals surface area contributed by atoms with Crippen molar-refractivity contribution in [1.82, 2.24) is 0 Å². The van der Waals surface area contributed by atoms with Crippen LogP contribution in [0.4, 0.5) is 0 Å². The van der Waals surface area contributed by atoms with Gasteiger partial charge in [0.25, 0.3) is 0 Å². The number of carbonyl (C=O) groups is 2. The largest absolute Gasteiger partial charge is 0.497 e. The highest BCUT2D eigenvalue weighted by molar-refractivity contribution is 5.75. The maximum Gasteiger partial charge on any atom is 0.336 e. The van der Waals surface area contributed by atoms with Crippen molar-refractivity contribution in [2.45, 2.75) is 64.3 Å². The van der Waals surface area contributed by atoms with E-state index in [0.29, 0.717) is 12.8 Å². The summed E-state index contributed by atoms with van der Waals surface area (Å²) < 4.78 is 34.3. The van der Waals surface area contributed by atoms with Crippen molar-refractivity contribution in [3.8, 4) is 11.5 Å². The predicted molar refractivity (Wildman–Crippen MR) is 193 cm³/mol. The fraction of sp³-hybridized carbons (Fsp3) is 0.286. The molecular weight excluding hydrogens is 632 g/mol. The summed E-state index contributed by atoms with van der Waals surface area (Å²) in [7, 11) is 3.23. The minimum Gasteiger partial charge on any atom is -0.497 e. The minimum atomic E-state index is -0.743. The number of hydrogen-bond donors (Lipinski definition) is 0. The van der Waals surface area contributed by atoms with E-state index in [9.17, 15) is 9.59 Å². The molecule has 0 aliphatic carbocycles. The van der Waals surface area contributed by atoms with Gasteiger partial charge in [0.15, 0.2) is 12.2 Å². The lowest BCUT2D eigenvalue weighted by atomic mass is 10.1. The highest BCUT2D eigenvalue weighted by atomic mass is 16.6. The Balaban J connectivity index is 1.43. The first-order chi connectivity index (χ1) is 24.4. The first-order valence-electron chi connectivity index (χ1n) is 16.8. The molecule has 0 aliphatic rings. The molecule has 0 aromatic heterocycles. The Morgan fingerprint density at radius 2 is 0.900 bits per heavy atom. The molecular formula is C42H46O8. The van der Waals surface area contributed by atoms with Crippen molar-refractivity contribution in [3.05, 3.63) is 156 Å². The molecule has 0 spiro atoms. The van der Waals surface area contributed by atoms with E-state index in [2.05, 4.69) is 0 Å². The van der Waals surface area contributed by atoms with E-state index in [1.165, 1.54) is 0 Å². The van der Waals surface area contributed by atoms with E-state index < -0.39 is 36.4 Å². The van der Waals surface area contributed by atoms with E-state index >= 15 is 0 Å². The summed E-state index contributed by atoms with van der Waals surface area (Å²) in [6.45, 7) is 4.29. The van der Waals surface area contributed by atoms with Crippen LogP contribution in [0.1, 0.15) is 61.2 Å². The maximum atomic E-state index is 13.3. The van der Waals surface area contributed by atoms with Crippen molar-refractivity contribution in [2.75, 3.05) is 14.2 Å². The lowest BCUT2D eigenvalue weighted by Crippen LogP contribution is -2.27. The zero-order chi connectivity index (χ0) is 35.6. The summed E-state index contributed by atoms with van der Waals surface area (Å²) in [6.07, 6.45) is 5.23. The molecule has 0 amide bonds. The van der Waals surface area contributed by atoms with Crippen molar-refractivity contribution in [3.63, 3.8) is 0 Å². The van der Waals surface area contributed by atoms with Crippen LogP contribution in [-0.4, -0.2) is 38.4 Å². The summed E-state index contributed by atoms with van der Waals surface area (Å²) >= 11 is 0. The van der Waals surface area contributed by atoms with Gasteiger partial charge in [-0.3, -0.25) is 0 Å². The molecule has 0 fully saturated rings. The lowest BCUT2D eigenvalue weighted by Gasteiger charge is -2.20. The number of methoxy groups -OCH3 is 2. The van der Waals surface area contributed by atoms with Gasteiger partial charge < -0.3 is 28.4 Å². The second-order valence-corrected chi connectivity index (χ2v) is 11.4. The van der Waals surface area contributed by atoms with E-state index in [1.54, 1.807) is 38.5 Å². The highest BCUT2D eigenvalue weighted by Gasteiger charge is 2.24. The molecule has 0 bridgehead atoms. The highest BCUT2D eigenvalue weighted by Crippen LogP contribution is 2.24. The normalized spacial score (nSPS) is 13.8. The summed E-state index contributed by atoms with van der Waals surface area (Å²) in [6, 6.07) is 34.0. The van der Waals surface area contributed by atoms with E-state index in [1.807, 2.05) is 123 Å². The van der Waals surface area contributed by atoms with Crippen LogP contribution in [0.5, 0.6) is 11.5 Å². The van der Waals surface area contributed by atoms with Gasteiger partial charge in [-0.15, -0.1) is 0 Å². The second-order valence-electron chi connectivity index (χ2n) is 11.4. The third kappa shape index (κ3) is 11.8. The third-order valence-corrected chi connectivity index (χ3v) is 7.91. The summed E-state index contributed by atoms with van der Waals surface area (Å²) in [5.74, 6) is 0.583. The van der Waals surface area contributed by atoms with Crippen LogP contribution >= 0.6 is 0 Å². The van der Waals surface area contributed by atoms with Crippen molar-refractivity contribution in [1.29, 1.82) is 0 Å². The molecule has 0 N–H and O–H groups in total. The maximum absolute atomic E-state index is 13.3. The standard InChI is InChI=1S/C42H46O8/c1-5-37(47-29-31-21-25-35(45-3)26-22-31)41(43)49-39(33-15-9-7-10-16-33)19-13-14-20-40(34-17-11-8-12-18-34)50-42(44)38(6-2)48-30-32-23-27-36(46-4)28-24-32/h7-28,37-40H,5-6,29-30H2,1-4H3/b19-13-,20-14-/t37?,38?,39-,40-/m0/s1. The first kappa shape index (κ1) is 37.6. The van der Waals surface area contributed by atoms with Crippen LogP contribution in [-0.2, 0) is 41.8 Å². The Labute approximate surface area is 295 Å². The van der Waals surface area contributed by atoms with Gasteiger partial charge >= 0.3 is 11.9 Å². The molecule has 0 radical (unpaired) electrons. The minimum absolute atomic E-state index is 0.261. The summed E-state index contributed by atoms with van der Waals surface area (Å²) in [4.78, 5) is 26.6. The zero-order valence-electron chi connectivity index (χ0n) is 29.1. The molecule has 0 saturated carbocycles. The van der Waals surface area contributed by atoms with Crippen LogP contribution in [0, 0.1) is 0 Å². The van der Waals surface area contributed by atoms with Crippen LogP contribution in [0.3, 0.4) is 0 Å². The molecule has 8 nitrogen and oxygen atoms in total. The topological polar surface area (TPSA) is 89.5 Å².